The summed E-state index contributed by atoms with van der Waals surface area (Å²) in [5.41, 5.74) is 8.93. The predicted molar refractivity (Wildman–Crippen MR) is 229 cm³/mol. The Morgan fingerprint density at radius 1 is 0.737 bits per heavy atom. The Morgan fingerprint density at radius 2 is 1.25 bits per heavy atom. The van der Waals surface area contributed by atoms with E-state index in [0.29, 0.717) is 56.5 Å². The Hall–Kier alpha value is -5.80. The van der Waals surface area contributed by atoms with Crippen molar-refractivity contribution in [1.29, 1.82) is 0 Å². The number of allylic oxidation sites excluding steroid dienone is 4. The second-order valence-electron chi connectivity index (χ2n) is 13.8. The summed E-state index contributed by atoms with van der Waals surface area (Å²) in [7, 11) is 0. The van der Waals surface area contributed by atoms with Gasteiger partial charge in [0.2, 0.25) is 0 Å². The molecule has 4 N–H and O–H groups in total. The minimum atomic E-state index is -1.01. The number of carbonyl (C=O) groups is 2. The highest BCUT2D eigenvalue weighted by atomic mass is 32.1. The highest BCUT2D eigenvalue weighted by Gasteiger charge is 2.19. The summed E-state index contributed by atoms with van der Waals surface area (Å²) in [6, 6.07) is 9.57. The summed E-state index contributed by atoms with van der Waals surface area (Å²) < 4.78 is 3.52. The molecule has 0 saturated heterocycles. The molecule has 6 aromatic rings. The molecule has 0 radical (unpaired) electrons. The third-order valence-electron chi connectivity index (χ3n) is 9.83. The minimum Gasteiger partial charge on any atom is -0.478 e. The molecule has 0 saturated carbocycles. The molecule has 0 spiro atoms. The Morgan fingerprint density at radius 3 is 1.68 bits per heavy atom. The number of carboxylic acids is 1. The zero-order chi connectivity index (χ0) is 40.6. The number of nitrogens with two attached hydrogens (primary N) is 1. The van der Waals surface area contributed by atoms with E-state index in [1.54, 1.807) is 45.8 Å². The van der Waals surface area contributed by atoms with Crippen LogP contribution in [0.1, 0.15) is 107 Å². The maximum atomic E-state index is 13.1. The smallest absolute Gasteiger partial charge is 0.335 e. The van der Waals surface area contributed by atoms with Gasteiger partial charge in [0.25, 0.3) is 17.0 Å². The fourth-order valence-corrected chi connectivity index (χ4v) is 8.07. The van der Waals surface area contributed by atoms with Crippen LogP contribution in [0.5, 0.6) is 0 Å². The standard InChI is InChI=1S/C21H22N4O2S.C17H18N2O3.C4H6N2S/c1-3-14-7-5-4-6-10-25-18(14)23-17-11-15(8-9-16(17)20(25)27)19(26)24-21-22-12-13(2)28-21;1-2-11-6-4-3-5-9-19-15(11)18-14-10-12(17(21)22)7-8-13(14)16(19)20;1-3-2-6-4(5)7-3/h3,8-9,11-12H,4-7,10H2,1-2H3,(H,22,24,26);2,7-8,10H,3-6,9H2,1H3,(H,21,22);2H,1H3,(H2,5,6)/b14-3+;11-2+;. The second-order valence-corrected chi connectivity index (χ2v) is 16.3. The van der Waals surface area contributed by atoms with Gasteiger partial charge in [-0.25, -0.2) is 24.7 Å². The number of nitrogens with zero attached hydrogens (tertiary/aromatic N) is 6. The Labute approximate surface area is 337 Å². The van der Waals surface area contributed by atoms with Crippen molar-refractivity contribution in [2.24, 2.45) is 0 Å². The van der Waals surface area contributed by atoms with Gasteiger partial charge in [-0.15, -0.1) is 22.7 Å². The molecule has 296 valence electrons. The molecule has 2 aromatic carbocycles. The molecule has 6 heterocycles. The van der Waals surface area contributed by atoms with E-state index in [9.17, 15) is 19.2 Å². The molecular weight excluding hydrogens is 761 g/mol. The second kappa shape index (κ2) is 18.4. The Balaban J connectivity index is 0.000000168. The third kappa shape index (κ3) is 9.60. The lowest BCUT2D eigenvalue weighted by Crippen LogP contribution is -2.26. The topological polar surface area (TPSA) is 188 Å². The van der Waals surface area contributed by atoms with Crippen LogP contribution in [-0.4, -0.2) is 46.1 Å². The Kier molecular flexibility index (Phi) is 13.2. The van der Waals surface area contributed by atoms with E-state index in [2.05, 4.69) is 20.3 Å². The fraction of sp³-hybridized carbons (Fsp3) is 0.333. The van der Waals surface area contributed by atoms with Gasteiger partial charge in [-0.05, 0) is 114 Å². The number of rotatable bonds is 3. The lowest BCUT2D eigenvalue weighted by molar-refractivity contribution is 0.0696. The third-order valence-corrected chi connectivity index (χ3v) is 11.4. The van der Waals surface area contributed by atoms with Crippen molar-refractivity contribution in [3.8, 4) is 0 Å². The number of aromatic nitrogens is 6. The van der Waals surface area contributed by atoms with Crippen molar-refractivity contribution >= 4 is 77.8 Å². The average Bonchev–Trinajstić information content (AvgIpc) is 3.78. The summed E-state index contributed by atoms with van der Waals surface area (Å²) in [5, 5.41) is 14.1. The van der Waals surface area contributed by atoms with Gasteiger partial charge in [-0.1, -0.05) is 25.0 Å². The first kappa shape index (κ1) is 40.9. The number of carboxylic acid groups (broad SMARTS) is 1. The summed E-state index contributed by atoms with van der Waals surface area (Å²) in [5.74, 6) is 0.146. The van der Waals surface area contributed by atoms with Crippen LogP contribution < -0.4 is 22.2 Å². The van der Waals surface area contributed by atoms with Crippen molar-refractivity contribution in [2.75, 3.05) is 11.1 Å². The molecule has 0 fully saturated rings. The highest BCUT2D eigenvalue weighted by molar-refractivity contribution is 7.15. The molecule has 13 nitrogen and oxygen atoms in total. The number of aromatic carboxylic acids is 1. The van der Waals surface area contributed by atoms with Crippen LogP contribution in [0.25, 0.3) is 33.0 Å². The zero-order valence-corrected chi connectivity index (χ0v) is 34.1. The largest absolute Gasteiger partial charge is 0.478 e. The van der Waals surface area contributed by atoms with Gasteiger partial charge in [0.15, 0.2) is 10.3 Å². The summed E-state index contributed by atoms with van der Waals surface area (Å²) in [6.07, 6.45) is 15.7. The fourth-order valence-electron chi connectivity index (χ4n) is 6.87. The van der Waals surface area contributed by atoms with Gasteiger partial charge in [-0.2, -0.15) is 0 Å². The van der Waals surface area contributed by atoms with Crippen LogP contribution in [0.15, 0.2) is 70.5 Å². The van der Waals surface area contributed by atoms with E-state index in [4.69, 9.17) is 15.8 Å². The lowest BCUT2D eigenvalue weighted by Gasteiger charge is -2.18. The number of hydrogen-bond acceptors (Lipinski definition) is 11. The summed E-state index contributed by atoms with van der Waals surface area (Å²) in [6.45, 7) is 9.19. The minimum absolute atomic E-state index is 0.0382. The number of amides is 1. The molecule has 57 heavy (non-hydrogen) atoms. The molecule has 0 unspecified atom stereocenters. The van der Waals surface area contributed by atoms with Crippen molar-refractivity contribution in [1.82, 2.24) is 29.1 Å². The number of carbonyl (C=O) groups excluding carboxylic acids is 1. The van der Waals surface area contributed by atoms with E-state index < -0.39 is 5.97 Å². The maximum absolute atomic E-state index is 13.1. The summed E-state index contributed by atoms with van der Waals surface area (Å²) in [4.78, 5) is 69.1. The van der Waals surface area contributed by atoms with Crippen LogP contribution in [0.3, 0.4) is 0 Å². The number of anilines is 2. The van der Waals surface area contributed by atoms with E-state index in [1.807, 2.05) is 39.8 Å². The quantitative estimate of drug-likeness (QED) is 0.156. The molecule has 4 aromatic heterocycles. The van der Waals surface area contributed by atoms with Crippen LogP contribution in [0, 0.1) is 13.8 Å². The highest BCUT2D eigenvalue weighted by Crippen LogP contribution is 2.26. The molecule has 8 rings (SSSR count). The van der Waals surface area contributed by atoms with E-state index in [1.165, 1.54) is 34.8 Å². The van der Waals surface area contributed by atoms with Gasteiger partial charge in [0.1, 0.15) is 11.6 Å². The number of fused-ring (bicyclic) bond motifs is 4. The van der Waals surface area contributed by atoms with Crippen molar-refractivity contribution in [3.05, 3.63) is 114 Å². The SMILES string of the molecule is C/C=C1\CCCCCn2c1nc1cc(C(=O)Nc3ncc(C)s3)ccc1c2=O.C/C=C1\CCCCCn2c1nc1cc(C(=O)O)ccc1c2=O.Cc1cnc(N)s1. The molecule has 2 aliphatic rings. The van der Waals surface area contributed by atoms with E-state index in [-0.39, 0.29) is 22.6 Å². The molecular formula is C42H46N8O5S2. The van der Waals surface area contributed by atoms with Crippen molar-refractivity contribution in [2.45, 2.75) is 92.2 Å². The molecule has 0 bridgehead atoms. The lowest BCUT2D eigenvalue weighted by atomic mass is 10.0. The van der Waals surface area contributed by atoms with Gasteiger partial charge in [-0.3, -0.25) is 28.8 Å². The predicted octanol–water partition coefficient (Wildman–Crippen LogP) is 8.50. The number of benzene rings is 2. The first-order chi connectivity index (χ1) is 27.5. The first-order valence-electron chi connectivity index (χ1n) is 19.0. The molecule has 0 atom stereocenters. The number of thiazole rings is 2. The number of aryl methyl sites for hydroxylation is 2. The van der Waals surface area contributed by atoms with Crippen LogP contribution in [-0.2, 0) is 13.1 Å². The van der Waals surface area contributed by atoms with Crippen LogP contribution in [0.2, 0.25) is 0 Å². The molecule has 2 aliphatic heterocycles. The van der Waals surface area contributed by atoms with Crippen molar-refractivity contribution < 1.29 is 14.7 Å². The van der Waals surface area contributed by atoms with Gasteiger partial charge in [0.05, 0.1) is 27.4 Å². The zero-order valence-electron chi connectivity index (χ0n) is 32.5. The van der Waals surface area contributed by atoms with Gasteiger partial charge < -0.3 is 10.8 Å². The average molecular weight is 807 g/mol. The number of nitrogen functional groups attached to an aromatic ring is 1. The normalized spacial score (nSPS) is 15.5. The van der Waals surface area contributed by atoms with Gasteiger partial charge in [0, 0.05) is 40.8 Å². The molecule has 15 heteroatoms. The molecule has 1 amide bonds. The van der Waals surface area contributed by atoms with Crippen LogP contribution >= 0.6 is 22.7 Å². The van der Waals surface area contributed by atoms with Crippen molar-refractivity contribution in [3.63, 3.8) is 0 Å². The Bertz CT molecular complexity index is 2620. The van der Waals surface area contributed by atoms with Gasteiger partial charge >= 0.3 is 5.97 Å². The first-order valence-corrected chi connectivity index (χ1v) is 20.7. The molecule has 0 aliphatic carbocycles. The number of nitrogens with one attached hydrogen (secondary N) is 1. The van der Waals surface area contributed by atoms with E-state index in [0.717, 1.165) is 78.1 Å². The monoisotopic (exact) mass is 806 g/mol. The number of hydrogen-bond donors (Lipinski definition) is 3. The van der Waals surface area contributed by atoms with Crippen LogP contribution in [0.4, 0.5) is 10.3 Å². The summed E-state index contributed by atoms with van der Waals surface area (Å²) >= 11 is 2.93. The van der Waals surface area contributed by atoms with E-state index >= 15 is 0 Å². The maximum Gasteiger partial charge on any atom is 0.335 e.